The van der Waals surface area contributed by atoms with Crippen LogP contribution in [0.4, 0.5) is 0 Å². The quantitative estimate of drug-likeness (QED) is 0.563. The zero-order valence-electron chi connectivity index (χ0n) is 14.7. The van der Waals surface area contributed by atoms with E-state index in [1.165, 1.54) is 10.8 Å². The molecule has 1 aromatic rings. The summed E-state index contributed by atoms with van der Waals surface area (Å²) in [5.74, 6) is 0. The Balaban J connectivity index is 1.96. The first kappa shape index (κ1) is 18.3. The minimum atomic E-state index is -0.930. The van der Waals surface area contributed by atoms with Gasteiger partial charge in [0.15, 0.2) is 0 Å². The summed E-state index contributed by atoms with van der Waals surface area (Å²) in [5.41, 5.74) is -2.39. The summed E-state index contributed by atoms with van der Waals surface area (Å²) in [6, 6.07) is 0. The number of hydrogen-bond acceptors (Lipinski definition) is 7. The Morgan fingerprint density at radius 3 is 2.40 bits per heavy atom. The number of rotatable bonds is 3. The second-order valence-corrected chi connectivity index (χ2v) is 7.45. The molecule has 2 saturated heterocycles. The molecule has 0 bridgehead atoms. The lowest BCUT2D eigenvalue weighted by Crippen LogP contribution is -2.50. The molecule has 0 radical (unpaired) electrons. The number of nitrogens with zero attached hydrogens (tertiary/aromatic N) is 1. The van der Waals surface area contributed by atoms with Gasteiger partial charge < -0.3 is 24.3 Å². The summed E-state index contributed by atoms with van der Waals surface area (Å²) < 4.78 is 18.4. The minimum Gasteiger partial charge on any atom is -0.399 e. The molecule has 3 atom stereocenters. The van der Waals surface area contributed by atoms with Crippen LogP contribution in [0.15, 0.2) is 15.8 Å². The van der Waals surface area contributed by atoms with E-state index in [0.29, 0.717) is 0 Å². The first-order valence-corrected chi connectivity index (χ1v) is 8.21. The van der Waals surface area contributed by atoms with E-state index in [1.54, 1.807) is 0 Å². The van der Waals surface area contributed by atoms with Crippen LogP contribution in [0.2, 0.25) is 0 Å². The molecular weight excluding hydrogens is 331 g/mol. The fourth-order valence-electron chi connectivity index (χ4n) is 2.90. The number of ether oxygens (including phenoxy) is 1. The highest BCUT2D eigenvalue weighted by molar-refractivity contribution is 6.61. The maximum absolute atomic E-state index is 12.2. The van der Waals surface area contributed by atoms with Gasteiger partial charge in [0, 0.05) is 12.6 Å². The summed E-state index contributed by atoms with van der Waals surface area (Å²) in [4.78, 5) is 26.6. The highest BCUT2D eigenvalue weighted by Crippen LogP contribution is 2.36. The molecule has 0 unspecified atom stereocenters. The number of aliphatic hydroxyl groups excluding tert-OH is 2. The van der Waals surface area contributed by atoms with Crippen LogP contribution in [-0.4, -0.2) is 56.9 Å². The van der Waals surface area contributed by atoms with Crippen LogP contribution in [0.3, 0.4) is 0 Å². The van der Waals surface area contributed by atoms with E-state index in [1.807, 2.05) is 27.7 Å². The molecule has 2 fully saturated rings. The zero-order chi connectivity index (χ0) is 18.6. The smallest absolute Gasteiger partial charge is 0.399 e. The third-order valence-electron chi connectivity index (χ3n) is 5.20. The summed E-state index contributed by atoms with van der Waals surface area (Å²) in [5, 5.41) is 19.0. The summed E-state index contributed by atoms with van der Waals surface area (Å²) in [6.45, 7) is 7.08. The first-order valence-electron chi connectivity index (χ1n) is 8.21. The predicted octanol–water partition coefficient (Wildman–Crippen LogP) is -1.52. The lowest BCUT2D eigenvalue weighted by molar-refractivity contribution is -0.0458. The Morgan fingerprint density at radius 2 is 1.88 bits per heavy atom. The van der Waals surface area contributed by atoms with E-state index in [-0.39, 0.29) is 18.5 Å². The standard InChI is InChI=1S/C15H23BN2O7/c1-14(2)15(3,4)25-16(24-14)8-6-18(13(22)17-12(8)21)11-5-9(20)10(7-19)23-11/h6,9-11,19-20H,5,7H2,1-4H3,(H,17,21,22)/t9-,10+,11+/m0/s1. The number of hydrogen-bond donors (Lipinski definition) is 3. The van der Waals surface area contributed by atoms with Crippen molar-refractivity contribution in [2.75, 3.05) is 6.61 Å². The fourth-order valence-corrected chi connectivity index (χ4v) is 2.90. The van der Waals surface area contributed by atoms with Crippen molar-refractivity contribution in [2.45, 2.75) is 63.8 Å². The van der Waals surface area contributed by atoms with Crippen molar-refractivity contribution in [3.63, 3.8) is 0 Å². The topological polar surface area (TPSA) is 123 Å². The van der Waals surface area contributed by atoms with Gasteiger partial charge in [0.2, 0.25) is 0 Å². The van der Waals surface area contributed by atoms with Gasteiger partial charge in [-0.15, -0.1) is 0 Å². The monoisotopic (exact) mass is 354 g/mol. The highest BCUT2D eigenvalue weighted by Gasteiger charge is 2.52. The maximum atomic E-state index is 12.2. The molecule has 2 aliphatic rings. The van der Waals surface area contributed by atoms with Crippen molar-refractivity contribution in [3.8, 4) is 0 Å². The molecule has 9 nitrogen and oxygen atoms in total. The van der Waals surface area contributed by atoms with Gasteiger partial charge >= 0.3 is 12.8 Å². The second kappa shape index (κ2) is 6.06. The fraction of sp³-hybridized carbons (Fsp3) is 0.733. The normalized spacial score (nSPS) is 30.8. The van der Waals surface area contributed by atoms with Gasteiger partial charge in [0.1, 0.15) is 12.3 Å². The van der Waals surface area contributed by atoms with E-state index in [4.69, 9.17) is 14.0 Å². The summed E-state index contributed by atoms with van der Waals surface area (Å²) in [7, 11) is -0.930. The van der Waals surface area contributed by atoms with Crippen LogP contribution in [0.5, 0.6) is 0 Å². The molecule has 3 N–H and O–H groups in total. The molecule has 0 saturated carbocycles. The number of aromatic amines is 1. The molecular formula is C15H23BN2O7. The van der Waals surface area contributed by atoms with E-state index in [2.05, 4.69) is 4.98 Å². The number of H-pyrrole nitrogens is 1. The second-order valence-electron chi connectivity index (χ2n) is 7.45. The molecule has 0 spiro atoms. The lowest BCUT2D eigenvalue weighted by atomic mass is 9.81. The molecule has 25 heavy (non-hydrogen) atoms. The Hall–Kier alpha value is -1.46. The van der Waals surface area contributed by atoms with Gasteiger partial charge in [-0.25, -0.2) is 4.79 Å². The van der Waals surface area contributed by atoms with E-state index in [0.717, 1.165) is 0 Å². The van der Waals surface area contributed by atoms with Crippen molar-refractivity contribution in [2.24, 2.45) is 0 Å². The van der Waals surface area contributed by atoms with Gasteiger partial charge in [-0.2, -0.15) is 0 Å². The molecule has 3 rings (SSSR count). The maximum Gasteiger partial charge on any atom is 0.502 e. The Morgan fingerprint density at radius 1 is 1.28 bits per heavy atom. The Kier molecular flexibility index (Phi) is 4.45. The summed E-state index contributed by atoms with van der Waals surface area (Å²) >= 11 is 0. The van der Waals surface area contributed by atoms with Gasteiger partial charge in [0.05, 0.1) is 29.4 Å². The van der Waals surface area contributed by atoms with Crippen LogP contribution >= 0.6 is 0 Å². The van der Waals surface area contributed by atoms with Crippen LogP contribution in [0, 0.1) is 0 Å². The first-order chi connectivity index (χ1) is 11.6. The van der Waals surface area contributed by atoms with E-state index < -0.39 is 48.0 Å². The molecule has 10 heteroatoms. The largest absolute Gasteiger partial charge is 0.502 e. The number of aliphatic hydroxyl groups is 2. The SMILES string of the molecule is CC1(C)OB(c2cn([C@H]3C[C@H](O)[C@@H](CO)O3)c(=O)[nH]c2=O)OC1(C)C. The molecule has 2 aliphatic heterocycles. The van der Waals surface area contributed by atoms with E-state index >= 15 is 0 Å². The molecule has 0 aliphatic carbocycles. The van der Waals surface area contributed by atoms with Crippen LogP contribution in [0.25, 0.3) is 0 Å². The average molecular weight is 354 g/mol. The Bertz CT molecular complexity index is 756. The van der Waals surface area contributed by atoms with Crippen LogP contribution in [0.1, 0.15) is 40.3 Å². The third-order valence-corrected chi connectivity index (χ3v) is 5.20. The number of aromatic nitrogens is 2. The zero-order valence-corrected chi connectivity index (χ0v) is 14.7. The lowest BCUT2D eigenvalue weighted by Gasteiger charge is -2.32. The number of nitrogens with one attached hydrogen (secondary N) is 1. The van der Waals surface area contributed by atoms with Gasteiger partial charge in [0.25, 0.3) is 5.56 Å². The van der Waals surface area contributed by atoms with Crippen molar-refractivity contribution < 1.29 is 24.3 Å². The molecule has 138 valence electrons. The van der Waals surface area contributed by atoms with Crippen molar-refractivity contribution in [1.29, 1.82) is 0 Å². The van der Waals surface area contributed by atoms with Gasteiger partial charge in [-0.1, -0.05) is 0 Å². The molecule has 0 aromatic carbocycles. The van der Waals surface area contributed by atoms with Crippen molar-refractivity contribution in [3.05, 3.63) is 27.0 Å². The third kappa shape index (κ3) is 3.08. The average Bonchev–Trinajstić information content (AvgIpc) is 2.96. The van der Waals surface area contributed by atoms with Gasteiger partial charge in [-0.3, -0.25) is 14.3 Å². The molecule has 1 aromatic heterocycles. The minimum absolute atomic E-state index is 0.125. The molecule has 0 amide bonds. The van der Waals surface area contributed by atoms with E-state index in [9.17, 15) is 19.8 Å². The Labute approximate surface area is 144 Å². The van der Waals surface area contributed by atoms with Crippen LogP contribution in [-0.2, 0) is 14.0 Å². The van der Waals surface area contributed by atoms with Gasteiger partial charge in [-0.05, 0) is 27.7 Å². The van der Waals surface area contributed by atoms with Crippen LogP contribution < -0.4 is 16.7 Å². The molecule has 3 heterocycles. The van der Waals surface area contributed by atoms with Crippen molar-refractivity contribution >= 4 is 12.6 Å². The highest BCUT2D eigenvalue weighted by atomic mass is 16.7. The summed E-state index contributed by atoms with van der Waals surface area (Å²) in [6.07, 6.45) is -1.00. The predicted molar refractivity (Wildman–Crippen MR) is 88.7 cm³/mol. The van der Waals surface area contributed by atoms with Crippen molar-refractivity contribution in [1.82, 2.24) is 9.55 Å².